The summed E-state index contributed by atoms with van der Waals surface area (Å²) in [6.45, 7) is 3.95. The van der Waals surface area contributed by atoms with E-state index >= 15 is 0 Å². The fourth-order valence-electron chi connectivity index (χ4n) is 1.30. The predicted octanol–water partition coefficient (Wildman–Crippen LogP) is 1.22. The highest BCUT2D eigenvalue weighted by molar-refractivity contribution is 7.82. The molecular weight excluding hydrogens is 286 g/mol. The van der Waals surface area contributed by atoms with Crippen molar-refractivity contribution in [3.63, 3.8) is 0 Å². The maximum atomic E-state index is 11.8. The van der Waals surface area contributed by atoms with Crippen LogP contribution >= 0.6 is 23.6 Å². The molecule has 0 aliphatic rings. The summed E-state index contributed by atoms with van der Waals surface area (Å²) in [5, 5.41) is 2.97. The number of hydrazine groups is 1. The lowest BCUT2D eigenvalue weighted by molar-refractivity contribution is -0.110. The van der Waals surface area contributed by atoms with Crippen LogP contribution in [0.5, 0.6) is 0 Å². The summed E-state index contributed by atoms with van der Waals surface area (Å²) < 4.78 is 4.94. The van der Waals surface area contributed by atoms with E-state index in [0.29, 0.717) is 10.6 Å². The standard InChI is InChI=1S/C11H15N3O3S2/c1-3-6-5-7(11(16)17-4-2)10(19-6)13-8(15)9(18)14-12/h5H,3-4,12H2,1-2H3,(H,13,15)(H,14,18). The van der Waals surface area contributed by atoms with Crippen LogP contribution in [-0.2, 0) is 16.0 Å². The number of anilines is 1. The van der Waals surface area contributed by atoms with Crippen LogP contribution in [0.2, 0.25) is 0 Å². The van der Waals surface area contributed by atoms with E-state index in [1.165, 1.54) is 11.3 Å². The lowest BCUT2D eigenvalue weighted by Gasteiger charge is -2.06. The average molecular weight is 301 g/mol. The molecule has 0 aliphatic heterocycles. The summed E-state index contributed by atoms with van der Waals surface area (Å²) in [5.74, 6) is 4.03. The Hall–Kier alpha value is -1.51. The Labute approximate surface area is 120 Å². The van der Waals surface area contributed by atoms with E-state index in [1.807, 2.05) is 6.92 Å². The van der Waals surface area contributed by atoms with E-state index in [-0.39, 0.29) is 11.6 Å². The highest BCUT2D eigenvalue weighted by Crippen LogP contribution is 2.29. The van der Waals surface area contributed by atoms with Gasteiger partial charge in [-0.3, -0.25) is 4.79 Å². The quantitative estimate of drug-likeness (QED) is 0.335. The van der Waals surface area contributed by atoms with Crippen LogP contribution in [0.3, 0.4) is 0 Å². The largest absolute Gasteiger partial charge is 0.462 e. The van der Waals surface area contributed by atoms with Gasteiger partial charge in [0.25, 0.3) is 5.91 Å². The molecule has 104 valence electrons. The van der Waals surface area contributed by atoms with Crippen LogP contribution in [0.4, 0.5) is 5.00 Å². The molecule has 1 aromatic rings. The summed E-state index contributed by atoms with van der Waals surface area (Å²) >= 11 is 6.02. The first-order valence-electron chi connectivity index (χ1n) is 5.65. The molecule has 0 fully saturated rings. The zero-order valence-electron chi connectivity index (χ0n) is 10.6. The number of ether oxygens (including phenoxy) is 1. The molecule has 0 saturated heterocycles. The maximum Gasteiger partial charge on any atom is 0.341 e. The van der Waals surface area contributed by atoms with Gasteiger partial charge in [-0.25, -0.2) is 10.6 Å². The van der Waals surface area contributed by atoms with Crippen molar-refractivity contribution >= 4 is 45.4 Å². The van der Waals surface area contributed by atoms with Crippen LogP contribution in [0.25, 0.3) is 0 Å². The molecule has 8 heteroatoms. The van der Waals surface area contributed by atoms with E-state index in [2.05, 4.69) is 10.7 Å². The zero-order valence-corrected chi connectivity index (χ0v) is 12.2. The second kappa shape index (κ2) is 7.17. The Bertz CT molecular complexity index is 499. The predicted molar refractivity (Wildman–Crippen MR) is 78.2 cm³/mol. The number of hydrogen-bond donors (Lipinski definition) is 3. The first-order chi connectivity index (χ1) is 9.03. The number of carbonyl (C=O) groups excluding carboxylic acids is 2. The minimum Gasteiger partial charge on any atom is -0.462 e. The van der Waals surface area contributed by atoms with Gasteiger partial charge in [0.2, 0.25) is 0 Å². The van der Waals surface area contributed by atoms with Gasteiger partial charge in [-0.1, -0.05) is 19.1 Å². The molecule has 1 aromatic heterocycles. The van der Waals surface area contributed by atoms with Crippen molar-refractivity contribution in [3.05, 3.63) is 16.5 Å². The third-order valence-corrected chi connectivity index (χ3v) is 3.69. The van der Waals surface area contributed by atoms with Gasteiger partial charge in [-0.05, 0) is 19.4 Å². The molecule has 0 aliphatic carbocycles. The molecule has 0 bridgehead atoms. The third-order valence-electron chi connectivity index (χ3n) is 2.19. The van der Waals surface area contributed by atoms with Gasteiger partial charge in [0.15, 0.2) is 4.99 Å². The summed E-state index contributed by atoms with van der Waals surface area (Å²) in [4.78, 5) is 24.2. The number of carbonyl (C=O) groups is 2. The number of nitrogens with two attached hydrogens (primary N) is 1. The molecule has 0 unspecified atom stereocenters. The topological polar surface area (TPSA) is 93.4 Å². The second-order valence-corrected chi connectivity index (χ2v) is 5.00. The molecule has 1 amide bonds. The number of aryl methyl sites for hydroxylation is 1. The summed E-state index contributed by atoms with van der Waals surface area (Å²) in [5.41, 5.74) is 2.42. The smallest absolute Gasteiger partial charge is 0.341 e. The molecule has 1 heterocycles. The minimum absolute atomic E-state index is 0.152. The fraction of sp³-hybridized carbons (Fsp3) is 0.364. The number of amides is 1. The van der Waals surface area contributed by atoms with Gasteiger partial charge in [0.1, 0.15) is 5.00 Å². The van der Waals surface area contributed by atoms with Gasteiger partial charge in [-0.2, -0.15) is 0 Å². The van der Waals surface area contributed by atoms with Crippen LogP contribution in [0.1, 0.15) is 29.1 Å². The van der Waals surface area contributed by atoms with E-state index in [9.17, 15) is 9.59 Å². The lowest BCUT2D eigenvalue weighted by atomic mass is 10.2. The third kappa shape index (κ3) is 3.98. The van der Waals surface area contributed by atoms with Gasteiger partial charge < -0.3 is 15.5 Å². The zero-order chi connectivity index (χ0) is 14.4. The summed E-state index contributed by atoms with van der Waals surface area (Å²) in [6, 6.07) is 1.71. The summed E-state index contributed by atoms with van der Waals surface area (Å²) in [6.07, 6.45) is 0.756. The normalized spacial score (nSPS) is 9.84. The molecule has 0 spiro atoms. The van der Waals surface area contributed by atoms with Crippen molar-refractivity contribution in [3.8, 4) is 0 Å². The van der Waals surface area contributed by atoms with Crippen molar-refractivity contribution in [1.29, 1.82) is 0 Å². The van der Waals surface area contributed by atoms with Crippen LogP contribution in [-0.4, -0.2) is 23.5 Å². The van der Waals surface area contributed by atoms with Crippen molar-refractivity contribution < 1.29 is 14.3 Å². The second-order valence-electron chi connectivity index (χ2n) is 3.46. The van der Waals surface area contributed by atoms with Crippen molar-refractivity contribution in [2.45, 2.75) is 20.3 Å². The Morgan fingerprint density at radius 3 is 2.68 bits per heavy atom. The van der Waals surface area contributed by atoms with Crippen molar-refractivity contribution in [1.82, 2.24) is 5.43 Å². The average Bonchev–Trinajstić information content (AvgIpc) is 2.81. The molecule has 4 N–H and O–H groups in total. The molecule has 0 radical (unpaired) electrons. The first kappa shape index (κ1) is 15.5. The van der Waals surface area contributed by atoms with Gasteiger partial charge in [-0.15, -0.1) is 11.3 Å². The number of esters is 1. The molecule has 0 saturated carbocycles. The lowest BCUT2D eigenvalue weighted by Crippen LogP contribution is -2.38. The Morgan fingerprint density at radius 2 is 2.16 bits per heavy atom. The Kier molecular flexibility index (Phi) is 5.87. The molecular formula is C11H15N3O3S2. The highest BCUT2D eigenvalue weighted by atomic mass is 32.1. The number of nitrogens with one attached hydrogen (secondary N) is 2. The van der Waals surface area contributed by atoms with E-state index in [1.54, 1.807) is 13.0 Å². The number of rotatable bonds is 4. The Morgan fingerprint density at radius 1 is 1.47 bits per heavy atom. The molecule has 6 nitrogen and oxygen atoms in total. The van der Waals surface area contributed by atoms with E-state index < -0.39 is 11.9 Å². The van der Waals surface area contributed by atoms with Gasteiger partial charge in [0.05, 0.1) is 12.2 Å². The Balaban J connectivity index is 2.98. The van der Waals surface area contributed by atoms with Gasteiger partial charge in [0, 0.05) is 4.88 Å². The molecule has 19 heavy (non-hydrogen) atoms. The minimum atomic E-state index is -0.562. The van der Waals surface area contributed by atoms with Crippen LogP contribution in [0, 0.1) is 0 Å². The fourth-order valence-corrected chi connectivity index (χ4v) is 2.33. The number of thiophene rings is 1. The highest BCUT2D eigenvalue weighted by Gasteiger charge is 2.19. The van der Waals surface area contributed by atoms with Gasteiger partial charge >= 0.3 is 5.97 Å². The maximum absolute atomic E-state index is 11.8. The van der Waals surface area contributed by atoms with E-state index in [0.717, 1.165) is 11.3 Å². The monoisotopic (exact) mass is 301 g/mol. The molecule has 1 rings (SSSR count). The van der Waals surface area contributed by atoms with Crippen LogP contribution in [0.15, 0.2) is 6.07 Å². The number of hydrogen-bond acceptors (Lipinski definition) is 6. The first-order valence-corrected chi connectivity index (χ1v) is 6.87. The SMILES string of the molecule is CCOC(=O)c1cc(CC)sc1NC(=O)C(=S)NN. The van der Waals surface area contributed by atoms with Crippen LogP contribution < -0.4 is 16.6 Å². The van der Waals surface area contributed by atoms with E-state index in [4.69, 9.17) is 22.8 Å². The number of thiocarbonyl (C=S) groups is 1. The van der Waals surface area contributed by atoms with Crippen molar-refractivity contribution in [2.24, 2.45) is 5.84 Å². The molecule has 0 aromatic carbocycles. The molecule has 0 atom stereocenters. The van der Waals surface area contributed by atoms with Crippen molar-refractivity contribution in [2.75, 3.05) is 11.9 Å². The summed E-state index contributed by atoms with van der Waals surface area (Å²) in [7, 11) is 0.